The van der Waals surface area contributed by atoms with E-state index in [4.69, 9.17) is 9.47 Å². The van der Waals surface area contributed by atoms with Crippen LogP contribution in [-0.4, -0.2) is 62.0 Å². The van der Waals surface area contributed by atoms with E-state index in [2.05, 4.69) is 31.0 Å². The summed E-state index contributed by atoms with van der Waals surface area (Å²) >= 11 is 0. The van der Waals surface area contributed by atoms with Crippen LogP contribution in [-0.2, 0) is 9.47 Å². The Morgan fingerprint density at radius 3 is 2.95 bits per heavy atom. The Kier molecular flexibility index (Phi) is 6.48. The highest BCUT2D eigenvalue weighted by Crippen LogP contribution is 2.26. The number of ether oxygens (including phenoxy) is 2. The Bertz CT molecular complexity index is 309. The first-order valence-corrected chi connectivity index (χ1v) is 8.70. The van der Waals surface area contributed by atoms with E-state index in [1.807, 2.05) is 0 Å². The topological polar surface area (TPSA) is 33.7 Å². The van der Waals surface area contributed by atoms with Gasteiger partial charge in [-0.25, -0.2) is 0 Å². The zero-order chi connectivity index (χ0) is 15.3. The van der Waals surface area contributed by atoms with Crippen LogP contribution in [0.15, 0.2) is 0 Å². The SMILES string of the molecule is CCCNC(CCC(C)(C)OC)C1CN2CCCC2CO1. The van der Waals surface area contributed by atoms with Gasteiger partial charge in [-0.2, -0.15) is 0 Å². The summed E-state index contributed by atoms with van der Waals surface area (Å²) in [5.41, 5.74) is -0.0447. The molecule has 0 aromatic rings. The van der Waals surface area contributed by atoms with Gasteiger partial charge in [-0.1, -0.05) is 6.92 Å². The molecule has 4 heteroatoms. The lowest BCUT2D eigenvalue weighted by atomic mass is 9.95. The minimum absolute atomic E-state index is 0.0447. The molecule has 124 valence electrons. The summed E-state index contributed by atoms with van der Waals surface area (Å²) in [5.74, 6) is 0. The second-order valence-corrected chi connectivity index (χ2v) is 7.23. The molecule has 0 aliphatic carbocycles. The quantitative estimate of drug-likeness (QED) is 0.746. The van der Waals surface area contributed by atoms with E-state index >= 15 is 0 Å². The number of methoxy groups -OCH3 is 1. The summed E-state index contributed by atoms with van der Waals surface area (Å²) in [5, 5.41) is 3.71. The van der Waals surface area contributed by atoms with Crippen molar-refractivity contribution in [3.05, 3.63) is 0 Å². The Labute approximate surface area is 130 Å². The molecular formula is C17H34N2O2. The van der Waals surface area contributed by atoms with Gasteiger partial charge in [0.25, 0.3) is 0 Å². The molecule has 2 saturated heterocycles. The molecule has 0 bridgehead atoms. The van der Waals surface area contributed by atoms with Crippen molar-refractivity contribution in [1.29, 1.82) is 0 Å². The molecule has 1 N–H and O–H groups in total. The van der Waals surface area contributed by atoms with Crippen molar-refractivity contribution in [1.82, 2.24) is 10.2 Å². The van der Waals surface area contributed by atoms with Crippen molar-refractivity contribution in [2.24, 2.45) is 0 Å². The average molecular weight is 298 g/mol. The molecule has 2 aliphatic rings. The zero-order valence-electron chi connectivity index (χ0n) is 14.4. The first-order valence-electron chi connectivity index (χ1n) is 8.70. The molecular weight excluding hydrogens is 264 g/mol. The molecule has 2 aliphatic heterocycles. The van der Waals surface area contributed by atoms with Crippen molar-refractivity contribution in [2.45, 2.75) is 76.7 Å². The van der Waals surface area contributed by atoms with Gasteiger partial charge in [0.1, 0.15) is 0 Å². The monoisotopic (exact) mass is 298 g/mol. The molecule has 4 nitrogen and oxygen atoms in total. The third kappa shape index (κ3) is 4.92. The maximum Gasteiger partial charge on any atom is 0.0855 e. The number of nitrogens with one attached hydrogen (secondary N) is 1. The summed E-state index contributed by atoms with van der Waals surface area (Å²) in [4.78, 5) is 2.64. The van der Waals surface area contributed by atoms with Crippen LogP contribution in [0.25, 0.3) is 0 Å². The van der Waals surface area contributed by atoms with E-state index in [0.717, 1.165) is 32.5 Å². The molecule has 2 heterocycles. The number of hydrogen-bond donors (Lipinski definition) is 1. The Morgan fingerprint density at radius 1 is 1.43 bits per heavy atom. The normalized spacial score (nSPS) is 28.6. The third-order valence-corrected chi connectivity index (χ3v) is 5.13. The maximum absolute atomic E-state index is 6.20. The molecule has 0 aromatic carbocycles. The lowest BCUT2D eigenvalue weighted by Crippen LogP contribution is -2.54. The fourth-order valence-corrected chi connectivity index (χ4v) is 3.44. The molecule has 3 unspecified atom stereocenters. The van der Waals surface area contributed by atoms with Gasteiger partial charge in [-0.3, -0.25) is 4.90 Å². The number of fused-ring (bicyclic) bond motifs is 1. The molecule has 0 radical (unpaired) electrons. The fourth-order valence-electron chi connectivity index (χ4n) is 3.44. The van der Waals surface area contributed by atoms with Crippen molar-refractivity contribution >= 4 is 0 Å². The smallest absolute Gasteiger partial charge is 0.0855 e. The highest BCUT2D eigenvalue weighted by atomic mass is 16.5. The Hall–Kier alpha value is -0.160. The van der Waals surface area contributed by atoms with E-state index in [1.165, 1.54) is 25.8 Å². The van der Waals surface area contributed by atoms with Crippen molar-refractivity contribution in [3.8, 4) is 0 Å². The van der Waals surface area contributed by atoms with Crippen LogP contribution in [0.2, 0.25) is 0 Å². The van der Waals surface area contributed by atoms with Crippen molar-refractivity contribution in [2.75, 3.05) is 33.4 Å². The number of morpholine rings is 1. The summed E-state index contributed by atoms with van der Waals surface area (Å²) < 4.78 is 11.8. The van der Waals surface area contributed by atoms with Crippen LogP contribution in [0.5, 0.6) is 0 Å². The van der Waals surface area contributed by atoms with Crippen molar-refractivity contribution in [3.63, 3.8) is 0 Å². The molecule has 3 atom stereocenters. The van der Waals surface area contributed by atoms with Crippen molar-refractivity contribution < 1.29 is 9.47 Å². The van der Waals surface area contributed by atoms with Gasteiger partial charge in [-0.05, 0) is 59.0 Å². The van der Waals surface area contributed by atoms with Gasteiger partial charge in [0.15, 0.2) is 0 Å². The van der Waals surface area contributed by atoms with Crippen LogP contribution in [0, 0.1) is 0 Å². The fraction of sp³-hybridized carbons (Fsp3) is 1.00. The highest BCUT2D eigenvalue weighted by molar-refractivity contribution is 4.90. The van der Waals surface area contributed by atoms with Gasteiger partial charge in [0, 0.05) is 25.7 Å². The summed E-state index contributed by atoms with van der Waals surface area (Å²) in [6, 6.07) is 1.13. The Morgan fingerprint density at radius 2 is 2.24 bits per heavy atom. The standard InChI is InChI=1S/C17H34N2O2/c1-5-10-18-15(8-9-17(2,3)20-4)16-12-19-11-6-7-14(19)13-21-16/h14-16,18H,5-13H2,1-4H3. The highest BCUT2D eigenvalue weighted by Gasteiger charge is 2.36. The van der Waals surface area contributed by atoms with Gasteiger partial charge in [0.2, 0.25) is 0 Å². The predicted octanol–water partition coefficient (Wildman–Crippen LogP) is 2.42. The van der Waals surface area contributed by atoms with Gasteiger partial charge < -0.3 is 14.8 Å². The van der Waals surface area contributed by atoms with Crippen LogP contribution in [0.4, 0.5) is 0 Å². The van der Waals surface area contributed by atoms with Gasteiger partial charge in [0.05, 0.1) is 18.3 Å². The van der Waals surface area contributed by atoms with E-state index < -0.39 is 0 Å². The van der Waals surface area contributed by atoms with E-state index in [-0.39, 0.29) is 5.60 Å². The molecule has 0 saturated carbocycles. The third-order valence-electron chi connectivity index (χ3n) is 5.13. The second kappa shape index (κ2) is 7.91. The minimum atomic E-state index is -0.0447. The van der Waals surface area contributed by atoms with E-state index in [9.17, 15) is 0 Å². The minimum Gasteiger partial charge on any atom is -0.379 e. The zero-order valence-corrected chi connectivity index (χ0v) is 14.4. The van der Waals surface area contributed by atoms with Gasteiger partial charge >= 0.3 is 0 Å². The van der Waals surface area contributed by atoms with Gasteiger partial charge in [-0.15, -0.1) is 0 Å². The molecule has 2 rings (SSSR count). The number of rotatable bonds is 8. The van der Waals surface area contributed by atoms with Crippen LogP contribution in [0.1, 0.15) is 52.9 Å². The predicted molar refractivity (Wildman–Crippen MR) is 86.7 cm³/mol. The Balaban J connectivity index is 1.88. The molecule has 0 aromatic heterocycles. The first kappa shape index (κ1) is 17.2. The van der Waals surface area contributed by atoms with E-state index in [1.54, 1.807) is 7.11 Å². The lowest BCUT2D eigenvalue weighted by molar-refractivity contribution is -0.0698. The summed E-state index contributed by atoms with van der Waals surface area (Å²) in [7, 11) is 1.81. The largest absolute Gasteiger partial charge is 0.379 e. The van der Waals surface area contributed by atoms with Crippen LogP contribution < -0.4 is 5.32 Å². The average Bonchev–Trinajstić information content (AvgIpc) is 2.94. The van der Waals surface area contributed by atoms with E-state index in [0.29, 0.717) is 18.2 Å². The van der Waals surface area contributed by atoms with Crippen LogP contribution in [0.3, 0.4) is 0 Å². The summed E-state index contributed by atoms with van der Waals surface area (Å²) in [6.07, 6.45) is 6.33. The first-order chi connectivity index (χ1) is 10.1. The number of nitrogens with zero attached hydrogens (tertiary/aromatic N) is 1. The number of hydrogen-bond acceptors (Lipinski definition) is 4. The molecule has 21 heavy (non-hydrogen) atoms. The molecule has 0 spiro atoms. The maximum atomic E-state index is 6.20. The lowest BCUT2D eigenvalue weighted by Gasteiger charge is -2.40. The molecule has 2 fully saturated rings. The van der Waals surface area contributed by atoms with Crippen LogP contribution >= 0.6 is 0 Å². The second-order valence-electron chi connectivity index (χ2n) is 7.23. The molecule has 0 amide bonds. The summed E-state index contributed by atoms with van der Waals surface area (Å²) in [6.45, 7) is 10.9.